The van der Waals surface area contributed by atoms with Crippen LogP contribution in [0, 0.1) is 6.92 Å². The van der Waals surface area contributed by atoms with Gasteiger partial charge in [-0.25, -0.2) is 13.1 Å². The molecule has 0 saturated carbocycles. The van der Waals surface area contributed by atoms with Gasteiger partial charge < -0.3 is 10.2 Å². The molecule has 0 aromatic heterocycles. The van der Waals surface area contributed by atoms with E-state index >= 15 is 0 Å². The van der Waals surface area contributed by atoms with Crippen molar-refractivity contribution in [2.75, 3.05) is 32.0 Å². The van der Waals surface area contributed by atoms with Crippen LogP contribution in [0.15, 0.2) is 65.6 Å². The predicted octanol–water partition coefficient (Wildman–Crippen LogP) is 3.76. The number of hydrogen-bond donors (Lipinski definition) is 2. The summed E-state index contributed by atoms with van der Waals surface area (Å²) in [5.41, 5.74) is 1.98. The van der Waals surface area contributed by atoms with E-state index < -0.39 is 10.0 Å². The van der Waals surface area contributed by atoms with Crippen molar-refractivity contribution in [1.82, 2.24) is 14.5 Å². The molecule has 2 fully saturated rings. The molecule has 3 aromatic carbocycles. The summed E-state index contributed by atoms with van der Waals surface area (Å²) in [6, 6.07) is 17.4. The summed E-state index contributed by atoms with van der Waals surface area (Å²) < 4.78 is 29.9. The molecule has 0 spiro atoms. The van der Waals surface area contributed by atoms with E-state index in [1.165, 1.54) is 0 Å². The quantitative estimate of drug-likeness (QED) is 0.502. The van der Waals surface area contributed by atoms with Gasteiger partial charge >= 0.3 is 0 Å². The Hall–Kier alpha value is -3.27. The van der Waals surface area contributed by atoms with Crippen molar-refractivity contribution < 1.29 is 18.0 Å². The van der Waals surface area contributed by atoms with Gasteiger partial charge in [0.2, 0.25) is 15.9 Å². The Labute approximate surface area is 224 Å². The summed E-state index contributed by atoms with van der Waals surface area (Å²) in [4.78, 5) is 30.0. The smallest absolute Gasteiger partial charge is 0.255 e. The fraction of sp³-hybridized carbons (Fsp3) is 0.379. The number of carbonyl (C=O) groups is 2. The summed E-state index contributed by atoms with van der Waals surface area (Å²) in [7, 11) is -1.84. The number of piperidine rings is 1. The molecule has 3 aromatic rings. The molecule has 200 valence electrons. The van der Waals surface area contributed by atoms with Crippen LogP contribution in [-0.2, 0) is 14.8 Å². The van der Waals surface area contributed by atoms with Crippen molar-refractivity contribution in [2.45, 2.75) is 49.6 Å². The van der Waals surface area contributed by atoms with Crippen LogP contribution < -0.4 is 10.0 Å². The van der Waals surface area contributed by atoms with E-state index in [0.29, 0.717) is 48.0 Å². The fourth-order valence-corrected chi connectivity index (χ4v) is 7.08. The number of fused-ring (bicyclic) bond motifs is 1. The largest absolute Gasteiger partial charge is 0.341 e. The number of benzene rings is 3. The molecular formula is C29H34N4O4S. The standard InChI is InChI=1S/C29H34N4O4S/c1-20-8-3-4-9-22(20)28(34)30-25-13-14-27(24-11-6-5-10-23(24)25)38(36,37)31-21-15-18-33(19-16-21)29(35)26-12-7-17-32(26)2/h3-6,8-11,13-14,21,26,31H,7,12,15-19H2,1-2H3,(H,30,34). The molecule has 2 N–H and O–H groups in total. The molecule has 2 heterocycles. The van der Waals surface area contributed by atoms with E-state index in [-0.39, 0.29) is 28.8 Å². The van der Waals surface area contributed by atoms with Crippen LogP contribution in [0.2, 0.25) is 0 Å². The van der Waals surface area contributed by atoms with Crippen molar-refractivity contribution >= 4 is 38.3 Å². The molecule has 5 rings (SSSR count). The topological polar surface area (TPSA) is 98.8 Å². The summed E-state index contributed by atoms with van der Waals surface area (Å²) >= 11 is 0. The van der Waals surface area contributed by atoms with Crippen molar-refractivity contribution in [3.05, 3.63) is 71.8 Å². The minimum Gasteiger partial charge on any atom is -0.341 e. The maximum Gasteiger partial charge on any atom is 0.255 e. The highest BCUT2D eigenvalue weighted by Gasteiger charge is 2.34. The normalized spacial score (nSPS) is 19.1. The van der Waals surface area contributed by atoms with Gasteiger partial charge in [-0.1, -0.05) is 42.5 Å². The number of amides is 2. The third-order valence-corrected chi connectivity index (χ3v) is 9.32. The third-order valence-electron chi connectivity index (χ3n) is 7.75. The second-order valence-electron chi connectivity index (χ2n) is 10.3. The first-order valence-electron chi connectivity index (χ1n) is 13.1. The zero-order valence-corrected chi connectivity index (χ0v) is 22.6. The lowest BCUT2D eigenvalue weighted by molar-refractivity contribution is -0.136. The van der Waals surface area contributed by atoms with E-state index in [1.54, 1.807) is 30.3 Å². The van der Waals surface area contributed by atoms with Crippen molar-refractivity contribution in [3.8, 4) is 0 Å². The highest BCUT2D eigenvalue weighted by atomic mass is 32.2. The fourth-order valence-electron chi connectivity index (χ4n) is 5.57. The number of nitrogens with zero attached hydrogens (tertiary/aromatic N) is 2. The summed E-state index contributed by atoms with van der Waals surface area (Å²) in [6.07, 6.45) is 3.07. The zero-order chi connectivity index (χ0) is 26.9. The molecule has 1 unspecified atom stereocenters. The van der Waals surface area contributed by atoms with E-state index in [1.807, 2.05) is 49.2 Å². The van der Waals surface area contributed by atoms with Gasteiger partial charge in [-0.05, 0) is 70.0 Å². The number of anilines is 1. The first-order chi connectivity index (χ1) is 18.2. The number of rotatable bonds is 6. The Morgan fingerprint density at radius 3 is 2.24 bits per heavy atom. The number of aryl methyl sites for hydroxylation is 1. The van der Waals surface area contributed by atoms with E-state index in [2.05, 4.69) is 14.9 Å². The van der Waals surface area contributed by atoms with Gasteiger partial charge in [-0.3, -0.25) is 14.5 Å². The molecule has 9 heteroatoms. The monoisotopic (exact) mass is 534 g/mol. The molecule has 2 amide bonds. The van der Waals surface area contributed by atoms with Crippen LogP contribution in [0.3, 0.4) is 0 Å². The number of likely N-dealkylation sites (N-methyl/N-ethyl adjacent to an activating group) is 1. The van der Waals surface area contributed by atoms with Crippen LogP contribution >= 0.6 is 0 Å². The molecule has 0 bridgehead atoms. The van der Waals surface area contributed by atoms with Gasteiger partial charge in [-0.2, -0.15) is 0 Å². The third kappa shape index (κ3) is 5.32. The highest BCUT2D eigenvalue weighted by molar-refractivity contribution is 7.89. The van der Waals surface area contributed by atoms with Crippen LogP contribution in [0.1, 0.15) is 41.6 Å². The Morgan fingerprint density at radius 2 is 1.55 bits per heavy atom. The molecule has 38 heavy (non-hydrogen) atoms. The lowest BCUT2D eigenvalue weighted by Gasteiger charge is -2.35. The van der Waals surface area contributed by atoms with Gasteiger partial charge in [0.1, 0.15) is 0 Å². The Balaban J connectivity index is 1.31. The van der Waals surface area contributed by atoms with Gasteiger partial charge in [0.15, 0.2) is 0 Å². The number of sulfonamides is 1. The van der Waals surface area contributed by atoms with Crippen LogP contribution in [-0.4, -0.2) is 68.8 Å². The molecule has 8 nitrogen and oxygen atoms in total. The van der Waals surface area contributed by atoms with Crippen molar-refractivity contribution in [1.29, 1.82) is 0 Å². The first kappa shape index (κ1) is 26.3. The zero-order valence-electron chi connectivity index (χ0n) is 21.8. The van der Waals surface area contributed by atoms with Crippen LogP contribution in [0.25, 0.3) is 10.8 Å². The van der Waals surface area contributed by atoms with Crippen molar-refractivity contribution in [2.24, 2.45) is 0 Å². The maximum absolute atomic E-state index is 13.5. The summed E-state index contributed by atoms with van der Waals surface area (Å²) in [6.45, 7) is 3.90. The van der Waals surface area contributed by atoms with Gasteiger partial charge in [0.05, 0.1) is 10.9 Å². The Morgan fingerprint density at radius 1 is 0.868 bits per heavy atom. The first-order valence-corrected chi connectivity index (χ1v) is 14.6. The number of likely N-dealkylation sites (tertiary alicyclic amines) is 2. The van der Waals surface area contributed by atoms with Crippen molar-refractivity contribution in [3.63, 3.8) is 0 Å². The van der Waals surface area contributed by atoms with E-state index in [0.717, 1.165) is 24.9 Å². The average molecular weight is 535 g/mol. The van der Waals surface area contributed by atoms with Crippen LogP contribution in [0.4, 0.5) is 5.69 Å². The Bertz CT molecular complexity index is 1460. The molecular weight excluding hydrogens is 500 g/mol. The SMILES string of the molecule is Cc1ccccc1C(=O)Nc1ccc(S(=O)(=O)NC2CCN(C(=O)C3CCCN3C)CC2)c2ccccc12. The van der Waals surface area contributed by atoms with Gasteiger partial charge in [0.25, 0.3) is 5.91 Å². The van der Waals surface area contributed by atoms with Gasteiger partial charge in [0, 0.05) is 41.2 Å². The average Bonchev–Trinajstić information content (AvgIpc) is 3.34. The predicted molar refractivity (Wildman–Crippen MR) is 149 cm³/mol. The molecule has 1 atom stereocenters. The minimum absolute atomic E-state index is 0.0561. The highest BCUT2D eigenvalue weighted by Crippen LogP contribution is 2.31. The second-order valence-corrected chi connectivity index (χ2v) is 12.0. The molecule has 0 aliphatic carbocycles. The number of nitrogens with one attached hydrogen (secondary N) is 2. The molecule has 0 radical (unpaired) electrons. The number of carbonyl (C=O) groups excluding carboxylic acids is 2. The molecule has 2 aliphatic heterocycles. The second kappa shape index (κ2) is 10.8. The maximum atomic E-state index is 13.5. The Kier molecular flexibility index (Phi) is 7.52. The van der Waals surface area contributed by atoms with Gasteiger partial charge in [-0.15, -0.1) is 0 Å². The molecule has 2 saturated heterocycles. The van der Waals surface area contributed by atoms with E-state index in [9.17, 15) is 18.0 Å². The minimum atomic E-state index is -3.83. The lowest BCUT2D eigenvalue weighted by atomic mass is 10.0. The summed E-state index contributed by atoms with van der Waals surface area (Å²) in [5, 5.41) is 4.14. The van der Waals surface area contributed by atoms with Crippen LogP contribution in [0.5, 0.6) is 0 Å². The van der Waals surface area contributed by atoms with E-state index in [4.69, 9.17) is 0 Å². The summed E-state index contributed by atoms with van der Waals surface area (Å²) in [5.74, 6) is -0.0901. The molecule has 2 aliphatic rings. The number of hydrogen-bond acceptors (Lipinski definition) is 5. The lowest BCUT2D eigenvalue weighted by Crippen LogP contribution is -2.51.